The Kier molecular flexibility index (Phi) is 12.7. The van der Waals surface area contributed by atoms with E-state index in [2.05, 4.69) is 4.90 Å². The van der Waals surface area contributed by atoms with Crippen LogP contribution in [-0.2, 0) is 17.8 Å². The minimum atomic E-state index is -1.57. The van der Waals surface area contributed by atoms with Gasteiger partial charge in [0.25, 0.3) is 0 Å². The van der Waals surface area contributed by atoms with Crippen molar-refractivity contribution in [3.63, 3.8) is 0 Å². The number of alkyl halides is 1. The van der Waals surface area contributed by atoms with Crippen molar-refractivity contribution >= 4 is 11.7 Å². The number of halogens is 3. The summed E-state index contributed by atoms with van der Waals surface area (Å²) in [6.07, 6.45) is 6.97. The first-order chi connectivity index (χ1) is 23.5. The van der Waals surface area contributed by atoms with Gasteiger partial charge in [-0.1, -0.05) is 55.7 Å². The van der Waals surface area contributed by atoms with E-state index in [1.807, 2.05) is 65.3 Å². The molecule has 2 heterocycles. The van der Waals surface area contributed by atoms with Crippen molar-refractivity contribution in [1.29, 1.82) is 0 Å². The fraction of sp³-hybridized carbons (Fsp3) is 0.525. The number of hydrogen-bond acceptors (Lipinski definition) is 5. The summed E-state index contributed by atoms with van der Waals surface area (Å²) in [6.45, 7) is 8.35. The van der Waals surface area contributed by atoms with E-state index < -0.39 is 29.3 Å². The molecule has 9 heteroatoms. The molecule has 0 spiro atoms. The number of carboxylic acids is 1. The van der Waals surface area contributed by atoms with E-state index >= 15 is 13.2 Å². The van der Waals surface area contributed by atoms with Gasteiger partial charge in [0.1, 0.15) is 29.7 Å². The van der Waals surface area contributed by atoms with E-state index in [-0.39, 0.29) is 24.7 Å². The number of nitrogens with zero attached hydrogens (tertiary/aromatic N) is 3. The molecule has 0 bridgehead atoms. The lowest BCUT2D eigenvalue weighted by Crippen LogP contribution is -2.48. The van der Waals surface area contributed by atoms with E-state index in [4.69, 9.17) is 4.74 Å². The molecule has 1 N–H and O–H groups in total. The van der Waals surface area contributed by atoms with Crippen LogP contribution in [0.25, 0.3) is 0 Å². The summed E-state index contributed by atoms with van der Waals surface area (Å²) in [4.78, 5) is 17.3. The predicted octanol–water partition coefficient (Wildman–Crippen LogP) is 8.57. The third-order valence-corrected chi connectivity index (χ3v) is 9.75. The number of carbonyl (C=O) groups is 1. The lowest BCUT2D eigenvalue weighted by molar-refractivity contribution is -0.138. The second-order valence-electron chi connectivity index (χ2n) is 14.4. The molecule has 0 aliphatic carbocycles. The van der Waals surface area contributed by atoms with E-state index in [1.165, 1.54) is 26.0 Å². The van der Waals surface area contributed by atoms with E-state index in [1.54, 1.807) is 0 Å². The Labute approximate surface area is 289 Å². The number of benzene rings is 3. The molecule has 2 aliphatic rings. The standard InChI is InChI=1S/C40H52F3N3O3/c1-29-22-31-23-33(49-27-30-14-8-6-9-15-30)16-17-34(31)39(46(29)28-40(2,3)43)38-35(41)24-32(25-36(38)42)45-20-12-5-4-10-18-44(26-37(47)48)19-11-7-13-21-45/h6,8-9,14-17,23-25,29,39H,4-5,7,10-13,18-22,26-28H2,1-3H3,(H,47,48)/t29-,39?/m1/s1. The summed E-state index contributed by atoms with van der Waals surface area (Å²) >= 11 is 0. The summed E-state index contributed by atoms with van der Waals surface area (Å²) in [5.41, 5.74) is 1.65. The highest BCUT2D eigenvalue weighted by Crippen LogP contribution is 2.43. The number of rotatable bonds is 9. The van der Waals surface area contributed by atoms with Crippen molar-refractivity contribution in [1.82, 2.24) is 9.80 Å². The summed E-state index contributed by atoms with van der Waals surface area (Å²) in [5.74, 6) is -1.37. The van der Waals surface area contributed by atoms with Crippen LogP contribution in [0.2, 0.25) is 0 Å². The Morgan fingerprint density at radius 2 is 1.49 bits per heavy atom. The molecule has 2 aliphatic heterocycles. The molecule has 2 atom stereocenters. The molecular weight excluding hydrogens is 627 g/mol. The molecule has 1 fully saturated rings. The zero-order valence-electron chi connectivity index (χ0n) is 29.3. The van der Waals surface area contributed by atoms with E-state index in [0.717, 1.165) is 74.7 Å². The molecule has 0 aromatic heterocycles. The smallest absolute Gasteiger partial charge is 0.317 e. The van der Waals surface area contributed by atoms with Crippen LogP contribution in [0.4, 0.5) is 18.9 Å². The normalized spacial score (nSPS) is 20.5. The molecule has 1 saturated heterocycles. The molecule has 5 rings (SSSR count). The lowest BCUT2D eigenvalue weighted by Gasteiger charge is -2.44. The molecule has 3 aromatic rings. The second-order valence-corrected chi connectivity index (χ2v) is 14.4. The van der Waals surface area contributed by atoms with Crippen LogP contribution in [0.3, 0.4) is 0 Å². The lowest BCUT2D eigenvalue weighted by atomic mass is 9.83. The molecule has 6 nitrogen and oxygen atoms in total. The number of anilines is 1. The Balaban J connectivity index is 1.40. The average molecular weight is 680 g/mol. The van der Waals surface area contributed by atoms with Gasteiger partial charge in [-0.05, 0) is 107 Å². The van der Waals surface area contributed by atoms with E-state index in [0.29, 0.717) is 37.6 Å². The van der Waals surface area contributed by atoms with Gasteiger partial charge < -0.3 is 14.7 Å². The van der Waals surface area contributed by atoms with Crippen LogP contribution in [0.1, 0.15) is 94.0 Å². The quantitative estimate of drug-likeness (QED) is 0.245. The van der Waals surface area contributed by atoms with Crippen molar-refractivity contribution in [2.24, 2.45) is 0 Å². The second kappa shape index (κ2) is 16.9. The van der Waals surface area contributed by atoms with Crippen molar-refractivity contribution in [2.75, 3.05) is 44.2 Å². The summed E-state index contributed by atoms with van der Waals surface area (Å²) in [7, 11) is 0. The van der Waals surface area contributed by atoms with Gasteiger partial charge in [-0.15, -0.1) is 0 Å². The molecule has 0 saturated carbocycles. The fourth-order valence-corrected chi connectivity index (χ4v) is 7.38. The summed E-state index contributed by atoms with van der Waals surface area (Å²) in [5, 5.41) is 9.27. The van der Waals surface area contributed by atoms with Gasteiger partial charge >= 0.3 is 5.97 Å². The predicted molar refractivity (Wildman–Crippen MR) is 189 cm³/mol. The first-order valence-corrected chi connectivity index (χ1v) is 17.9. The number of fused-ring (bicyclic) bond motifs is 1. The Morgan fingerprint density at radius 1 is 0.878 bits per heavy atom. The van der Waals surface area contributed by atoms with Crippen LogP contribution in [0.15, 0.2) is 60.7 Å². The van der Waals surface area contributed by atoms with Gasteiger partial charge in [0.05, 0.1) is 12.6 Å². The summed E-state index contributed by atoms with van der Waals surface area (Å²) in [6, 6.07) is 17.5. The summed E-state index contributed by atoms with van der Waals surface area (Å²) < 4.78 is 54.2. The van der Waals surface area contributed by atoms with Crippen LogP contribution in [0.5, 0.6) is 5.75 Å². The Hall–Kier alpha value is -3.56. The Bertz CT molecular complexity index is 1510. The molecule has 49 heavy (non-hydrogen) atoms. The molecule has 0 radical (unpaired) electrons. The molecule has 3 aromatic carbocycles. The topological polar surface area (TPSA) is 56.3 Å². The van der Waals surface area contributed by atoms with Crippen molar-refractivity contribution < 1.29 is 27.8 Å². The molecule has 1 unspecified atom stereocenters. The molecule has 0 amide bonds. The average Bonchev–Trinajstić information content (AvgIpc) is 3.06. The number of hydrogen-bond donors (Lipinski definition) is 1. The third-order valence-electron chi connectivity index (χ3n) is 9.75. The molecular formula is C40H52F3N3O3. The van der Waals surface area contributed by atoms with Crippen molar-refractivity contribution in [3.8, 4) is 5.75 Å². The van der Waals surface area contributed by atoms with Gasteiger partial charge in [-0.3, -0.25) is 14.6 Å². The van der Waals surface area contributed by atoms with Crippen LogP contribution < -0.4 is 9.64 Å². The van der Waals surface area contributed by atoms with Gasteiger partial charge in [-0.25, -0.2) is 13.2 Å². The zero-order valence-corrected chi connectivity index (χ0v) is 29.3. The fourth-order valence-electron chi connectivity index (χ4n) is 7.38. The maximum absolute atomic E-state index is 16.4. The van der Waals surface area contributed by atoms with Gasteiger partial charge in [0, 0.05) is 36.9 Å². The van der Waals surface area contributed by atoms with Crippen LogP contribution >= 0.6 is 0 Å². The van der Waals surface area contributed by atoms with Crippen LogP contribution in [0, 0.1) is 11.6 Å². The highest BCUT2D eigenvalue weighted by Gasteiger charge is 2.39. The highest BCUT2D eigenvalue weighted by molar-refractivity contribution is 5.69. The SMILES string of the molecule is C[C@@H]1Cc2cc(OCc3ccccc3)ccc2C(c2c(F)cc(N3CCCCCCN(CC(=O)O)CCCCC3)cc2F)N1CC(C)(C)F. The first kappa shape index (κ1) is 36.7. The monoisotopic (exact) mass is 679 g/mol. The Morgan fingerprint density at radius 3 is 2.10 bits per heavy atom. The van der Waals surface area contributed by atoms with Gasteiger partial charge in [0.2, 0.25) is 0 Å². The van der Waals surface area contributed by atoms with Gasteiger partial charge in [-0.2, -0.15) is 0 Å². The largest absolute Gasteiger partial charge is 0.489 e. The van der Waals surface area contributed by atoms with E-state index in [9.17, 15) is 9.90 Å². The third kappa shape index (κ3) is 10.2. The maximum Gasteiger partial charge on any atom is 0.317 e. The first-order valence-electron chi connectivity index (χ1n) is 17.9. The number of carboxylic acid groups (broad SMARTS) is 1. The maximum atomic E-state index is 16.4. The van der Waals surface area contributed by atoms with Crippen LogP contribution in [-0.4, -0.2) is 71.9 Å². The number of ether oxygens (including phenoxy) is 1. The molecule has 266 valence electrons. The van der Waals surface area contributed by atoms with Crippen molar-refractivity contribution in [3.05, 3.63) is 94.6 Å². The number of aliphatic carboxylic acids is 1. The zero-order chi connectivity index (χ0) is 35.0. The highest BCUT2D eigenvalue weighted by atomic mass is 19.1. The minimum absolute atomic E-state index is 0.0290. The van der Waals surface area contributed by atoms with Gasteiger partial charge in [0.15, 0.2) is 0 Å². The van der Waals surface area contributed by atoms with Crippen molar-refractivity contribution in [2.45, 2.75) is 96.5 Å². The minimum Gasteiger partial charge on any atom is -0.489 e.